The molecule has 0 aliphatic rings. The predicted molar refractivity (Wildman–Crippen MR) is 162 cm³/mol. The Labute approximate surface area is 299 Å². The third-order valence-electron chi connectivity index (χ3n) is 4.34. The number of rotatable bonds is 16. The van der Waals surface area contributed by atoms with Crippen LogP contribution in [-0.4, -0.2) is 31.3 Å². The van der Waals surface area contributed by atoms with Crippen LogP contribution in [0.2, 0.25) is 0 Å². The number of carbonyl (C=O) groups excluding carboxylic acids is 2. The molecule has 0 aromatic heterocycles. The molecule has 12 heteroatoms. The van der Waals surface area contributed by atoms with E-state index in [1.807, 2.05) is 0 Å². The van der Waals surface area contributed by atoms with Gasteiger partial charge < -0.3 is 34.5 Å². The van der Waals surface area contributed by atoms with Gasteiger partial charge in [0.15, 0.2) is 6.10 Å². The summed E-state index contributed by atoms with van der Waals surface area (Å²) >= 11 is 0. The van der Waals surface area contributed by atoms with Crippen LogP contribution in [0.3, 0.4) is 0 Å². The van der Waals surface area contributed by atoms with Crippen molar-refractivity contribution in [3.8, 4) is 71.5 Å². The number of phosphoric acid groups is 1. The Balaban J connectivity index is -0.0000000712. The molecule has 1 atom stereocenters. The smallest absolute Gasteiger partial charge is 0.790 e. The predicted octanol–water partition coefficient (Wildman–Crippen LogP) is -1.27. The van der Waals surface area contributed by atoms with E-state index in [9.17, 15) is 23.9 Å². The molecule has 9 nitrogen and oxygen atoms in total. The van der Waals surface area contributed by atoms with E-state index in [-0.39, 0.29) is 87.4 Å². The van der Waals surface area contributed by atoms with Crippen molar-refractivity contribution in [2.45, 2.75) is 77.2 Å². The van der Waals surface area contributed by atoms with Gasteiger partial charge in [0.05, 0.1) is 14.4 Å². The molecule has 0 aliphatic heterocycles. The van der Waals surface area contributed by atoms with Crippen molar-refractivity contribution < 1.29 is 113 Å². The van der Waals surface area contributed by atoms with Crippen LogP contribution >= 0.6 is 7.82 Å². The largest absolute Gasteiger partial charge is 1.00 e. The number of unbranched alkanes of at least 4 members (excludes halogenated alkanes) is 8. The van der Waals surface area contributed by atoms with Crippen LogP contribution in [0.25, 0.3) is 0 Å². The Morgan fingerprint density at radius 2 is 1.27 bits per heavy atom. The fraction of sp³-hybridized carbons (Fsp3) is 0.500. The number of terminal acetylenes is 1. The van der Waals surface area contributed by atoms with E-state index in [2.05, 4.69) is 76.6 Å². The average Bonchev–Trinajstić information content (AvgIpc) is 2.85. The van der Waals surface area contributed by atoms with Crippen LogP contribution in [0.4, 0.5) is 0 Å². The van der Waals surface area contributed by atoms with Crippen LogP contribution in [0.1, 0.15) is 86.8 Å². The van der Waals surface area contributed by atoms with Crippen LogP contribution in [0, 0.1) is 71.5 Å². The molecular formula is C28H54NNa2O8P. The molecule has 0 bridgehead atoms. The van der Waals surface area contributed by atoms with E-state index in [0.717, 1.165) is 19.3 Å². The molecule has 40 heavy (non-hydrogen) atoms. The average molecular weight is 610 g/mol. The molecule has 0 heterocycles. The van der Waals surface area contributed by atoms with E-state index < -0.39 is 39.1 Å². The van der Waals surface area contributed by atoms with Crippen molar-refractivity contribution in [1.29, 1.82) is 0 Å². The summed E-state index contributed by atoms with van der Waals surface area (Å²) in [5.41, 5.74) is 0. The van der Waals surface area contributed by atoms with Gasteiger partial charge in [-0.25, -0.2) is 4.79 Å². The molecule has 0 saturated heterocycles. The van der Waals surface area contributed by atoms with Gasteiger partial charge in [0.2, 0.25) is 0 Å². The molecule has 0 saturated carbocycles. The molecule has 0 rings (SSSR count). The summed E-state index contributed by atoms with van der Waals surface area (Å²) in [6, 6.07) is 0. The molecule has 226 valence electrons. The van der Waals surface area contributed by atoms with Crippen molar-refractivity contribution >= 4 is 19.8 Å². The zero-order valence-corrected chi connectivity index (χ0v) is 28.5. The third kappa shape index (κ3) is 34.4. The topological polar surface area (TPSA) is 160 Å². The number of hydrogen-bond acceptors (Lipinski definition) is 9. The van der Waals surface area contributed by atoms with E-state index in [1.165, 1.54) is 32.1 Å². The van der Waals surface area contributed by atoms with Gasteiger partial charge in [0.1, 0.15) is 6.61 Å². The first-order valence-corrected chi connectivity index (χ1v) is 13.2. The van der Waals surface area contributed by atoms with Gasteiger partial charge in [-0.3, -0.25) is 4.79 Å². The van der Waals surface area contributed by atoms with Gasteiger partial charge in [0.25, 0.3) is 0 Å². The van der Waals surface area contributed by atoms with Gasteiger partial charge in [-0.05, 0) is 65.6 Å². The number of carbonyl (C=O) groups is 2. The van der Waals surface area contributed by atoms with Gasteiger partial charge in [0, 0.05) is 28.0 Å². The summed E-state index contributed by atoms with van der Waals surface area (Å²) in [5.74, 6) is 23.4. The molecule has 0 unspecified atom stereocenters. The Morgan fingerprint density at radius 1 is 0.800 bits per heavy atom. The van der Waals surface area contributed by atoms with Gasteiger partial charge >= 0.3 is 71.1 Å². The van der Waals surface area contributed by atoms with Crippen molar-refractivity contribution in [3.05, 3.63) is 0 Å². The molecule has 0 amide bonds. The summed E-state index contributed by atoms with van der Waals surface area (Å²) in [6.07, 6.45) is 13.3. The molecule has 0 aromatic rings. The zero-order valence-electron chi connectivity index (χ0n) is 23.6. The van der Waals surface area contributed by atoms with Crippen molar-refractivity contribution in [2.75, 3.05) is 13.2 Å². The van der Waals surface area contributed by atoms with Gasteiger partial charge in [-0.1, -0.05) is 58.3 Å². The monoisotopic (exact) mass is 609 g/mol. The molecule has 3 N–H and O–H groups in total. The molecule has 0 aromatic carbocycles. The Morgan fingerprint density at radius 3 is 1.77 bits per heavy atom. The maximum Gasteiger partial charge on any atom is 1.00 e. The second kappa shape index (κ2) is 31.9. The minimum absolute atomic E-state index is 0. The first-order chi connectivity index (χ1) is 17.8. The van der Waals surface area contributed by atoms with Crippen LogP contribution in [-0.2, 0) is 28.2 Å². The molecule has 0 spiro atoms. The van der Waals surface area contributed by atoms with Crippen molar-refractivity contribution in [1.82, 2.24) is 6.15 Å². The van der Waals surface area contributed by atoms with Crippen LogP contribution < -0.4 is 75.1 Å². The molecule has 0 radical (unpaired) electrons. The minimum Gasteiger partial charge on any atom is -0.790 e. The number of ether oxygens (including phenoxy) is 2. The second-order valence-electron chi connectivity index (χ2n) is 7.43. The SMILES string of the molecule is C#CC#CC#CC#CC#CC#CC(=O)OC[C@H](COP(=O)([O-])[O-])OC(=O)CCCCCCCCCCC.N.[HH].[HH].[HH].[HH].[HH].[HH].[HH].[HH].[HH].[HH].[HH].[Na+].[Na+]. The third-order valence-corrected chi connectivity index (χ3v) is 4.80. The van der Waals surface area contributed by atoms with E-state index in [4.69, 9.17) is 15.9 Å². The summed E-state index contributed by atoms with van der Waals surface area (Å²) in [4.78, 5) is 45.3. The summed E-state index contributed by atoms with van der Waals surface area (Å²) in [7, 11) is -5.31. The first-order valence-electron chi connectivity index (χ1n) is 11.8. The summed E-state index contributed by atoms with van der Waals surface area (Å²) in [5, 5.41) is 0. The summed E-state index contributed by atoms with van der Waals surface area (Å²) in [6.45, 7) is 0.831. The fourth-order valence-corrected chi connectivity index (χ4v) is 3.01. The standard InChI is InChI=1S/C28H31O8P.H3N.2Na.11H2/c1-3-5-7-9-11-13-15-16-18-20-22-27(29)34-24-26(25-35-37(31,32)33)36-28(30)23-21-19-17-14-12-10-8-6-4-2;;;;;;;;;;;;;;/h1,26H,4,6,8,10,12,14,17,19,21,23-25H2,2H3,(H2,31,32,33);1H3;;;11*1H/q;;2*+1;;;;;;;;;;;/p-2/t26-;;;;;;;;;;;;;;/m1............../s1. The number of hydrogen-bond donors (Lipinski definition) is 1. The second-order valence-corrected chi connectivity index (χ2v) is 8.58. The van der Waals surface area contributed by atoms with Gasteiger partial charge in [-0.15, -0.1) is 6.42 Å². The Kier molecular flexibility index (Phi) is 36.2. The normalized spacial score (nSPS) is 9.25. The Bertz CT molecular complexity index is 1170. The van der Waals surface area contributed by atoms with Crippen molar-refractivity contribution in [3.63, 3.8) is 0 Å². The van der Waals surface area contributed by atoms with Crippen LogP contribution in [0.5, 0.6) is 0 Å². The zero-order chi connectivity index (χ0) is 27.6. The van der Waals surface area contributed by atoms with E-state index in [0.29, 0.717) is 6.42 Å². The quantitative estimate of drug-likeness (QED) is 0.0562. The van der Waals surface area contributed by atoms with E-state index in [1.54, 1.807) is 0 Å². The molecule has 0 aliphatic carbocycles. The minimum atomic E-state index is -5.31. The number of esters is 2. The first kappa shape index (κ1) is 45.4. The number of phosphoric ester groups is 1. The maximum atomic E-state index is 12.1. The fourth-order valence-electron chi connectivity index (χ4n) is 2.66. The Hall–Kier alpha value is -1.63. The summed E-state index contributed by atoms with van der Waals surface area (Å²) < 4.78 is 24.9. The van der Waals surface area contributed by atoms with Crippen molar-refractivity contribution in [2.24, 2.45) is 0 Å². The van der Waals surface area contributed by atoms with E-state index >= 15 is 0 Å². The molecular weight excluding hydrogens is 555 g/mol. The van der Waals surface area contributed by atoms with Gasteiger partial charge in [-0.2, -0.15) is 0 Å². The van der Waals surface area contributed by atoms with Crippen LogP contribution in [0.15, 0.2) is 0 Å². The molecule has 0 fully saturated rings. The maximum absolute atomic E-state index is 12.1.